The molecule has 2 aliphatic carbocycles. The van der Waals surface area contributed by atoms with Crippen LogP contribution in [0.2, 0.25) is 0 Å². The Morgan fingerprint density at radius 2 is 1.00 bits per heavy atom. The molecule has 1 unspecified atom stereocenters. The van der Waals surface area contributed by atoms with Gasteiger partial charge in [0, 0.05) is 108 Å². The van der Waals surface area contributed by atoms with Crippen LogP contribution in [0, 0.1) is 24.5 Å². The summed E-state index contributed by atoms with van der Waals surface area (Å²) in [6, 6.07) is 50.4. The number of nitrogens with one attached hydrogen (secondary N) is 1. The van der Waals surface area contributed by atoms with Crippen molar-refractivity contribution in [2.24, 2.45) is 5.41 Å². The first kappa shape index (κ1) is 85.7. The average molecular weight is 1510 g/mol. The molecule has 103 heavy (non-hydrogen) atoms. The van der Waals surface area contributed by atoms with Crippen molar-refractivity contribution in [2.45, 2.75) is 168 Å². The van der Waals surface area contributed by atoms with Crippen LogP contribution in [-0.4, -0.2) is 104 Å². The van der Waals surface area contributed by atoms with E-state index < -0.39 is 10.8 Å². The second kappa shape index (κ2) is 41.5. The van der Waals surface area contributed by atoms with E-state index in [2.05, 4.69) is 57.5 Å². The second-order valence-electron chi connectivity index (χ2n) is 27.5. The summed E-state index contributed by atoms with van der Waals surface area (Å²) in [6.45, 7) is 17.7. The number of rotatable bonds is 26. The third kappa shape index (κ3) is 24.0. The third-order valence-electron chi connectivity index (χ3n) is 18.1. The summed E-state index contributed by atoms with van der Waals surface area (Å²) < 4.78 is 69.6. The van der Waals surface area contributed by atoms with Crippen molar-refractivity contribution in [3.63, 3.8) is 0 Å². The number of fused-ring (bicyclic) bond motifs is 4. The van der Waals surface area contributed by atoms with Crippen molar-refractivity contribution in [1.82, 2.24) is 4.57 Å². The van der Waals surface area contributed by atoms with Gasteiger partial charge in [-0.2, -0.15) is 0 Å². The molecule has 4 heterocycles. The fourth-order valence-corrected chi connectivity index (χ4v) is 12.1. The first-order valence-electron chi connectivity index (χ1n) is 34.4. The van der Waals surface area contributed by atoms with Crippen molar-refractivity contribution >= 4 is 40.7 Å². The van der Waals surface area contributed by atoms with Gasteiger partial charge < -0.3 is 75.4 Å². The number of hydrogen-bond acceptors (Lipinski definition) is 15. The van der Waals surface area contributed by atoms with Crippen LogP contribution in [0.3, 0.4) is 0 Å². The normalized spacial score (nSPS) is 14.6. The molecule has 5 aliphatic rings. The standard InChI is InChI=1S/C27H30FNO4.C24H26FNO3.C10H14O2.2C10H12O2.CH4O.CH4.CH3.Pd/c1-26(2,3)24-12-18-11-17(20(28)15-21(18)29(24)9-4-10-30)13-25(31)27(7-8-27)19-5-6-22-23(14-19)33-16-32-22;1-23(2,3)21-9-15-8-14(17(25)12-18(15)26-21)10-22(27)24(6-7-24)16-4-5-19-20(11-16)29-13-28-19;3*11-7-4-8-12-9-10-5-2-1-3-6-10;1-2;;;/h5-6,11-12,14-15,30H,4,7-10,13,16H2,1-3H3;4-5,8,11-12,21,26H,6-7,9-10,13H2,1-3H3;1-3,5-6,11H,4,7-9H2;2*1-3,5-7H,4,8-9H2;2H,1H3;1H4;1H3;/q;;;;;;;-1;. The average Bonchev–Trinajstić information content (AvgIpc) is 1.60. The fourth-order valence-electron chi connectivity index (χ4n) is 12.1. The molecule has 0 bridgehead atoms. The molecule has 560 valence electrons. The number of halogens is 2. The Hall–Kier alpha value is -7.96. The molecule has 0 amide bonds. The number of aldehydes is 2. The Morgan fingerprint density at radius 1 is 0.573 bits per heavy atom. The Labute approximate surface area is 621 Å². The molecule has 3 aliphatic heterocycles. The molecule has 1 aromatic heterocycles. The molecule has 4 N–H and O–H groups in total. The number of aliphatic hydroxyl groups excluding tert-OH is 3. The summed E-state index contributed by atoms with van der Waals surface area (Å²) in [6.07, 6.45) is 8.17. The van der Waals surface area contributed by atoms with Crippen LogP contribution in [0.25, 0.3) is 10.9 Å². The summed E-state index contributed by atoms with van der Waals surface area (Å²) in [4.78, 5) is 46.5. The van der Waals surface area contributed by atoms with Gasteiger partial charge in [0.05, 0.1) is 49.4 Å². The number of carbonyl (C=O) groups is 4. The summed E-state index contributed by atoms with van der Waals surface area (Å²) in [5.74, 6) is 2.20. The van der Waals surface area contributed by atoms with Crippen LogP contribution in [0.15, 0.2) is 158 Å². The third-order valence-corrected chi connectivity index (χ3v) is 18.1. The minimum Gasteiger partial charge on any atom is -0.454 e. The number of Topliss-reactive ketones (excluding diaryl/α,β-unsaturated/α-hetero) is 2. The molecule has 2 saturated carbocycles. The van der Waals surface area contributed by atoms with Crippen LogP contribution >= 0.6 is 0 Å². The van der Waals surface area contributed by atoms with Gasteiger partial charge in [-0.25, -0.2) is 8.78 Å². The zero-order valence-corrected chi connectivity index (χ0v) is 61.7. The Morgan fingerprint density at radius 3 is 1.42 bits per heavy atom. The maximum Gasteiger partial charge on any atom is 0.231 e. The summed E-state index contributed by atoms with van der Waals surface area (Å²) in [7, 11) is 1.00. The molecular formula is C84H105F2N2O14Pd-. The Bertz CT molecular complexity index is 3870. The monoisotopic (exact) mass is 1510 g/mol. The van der Waals surface area contributed by atoms with E-state index in [1.165, 1.54) is 5.56 Å². The van der Waals surface area contributed by atoms with E-state index in [1.807, 2.05) is 140 Å². The first-order chi connectivity index (χ1) is 48.3. The number of ether oxygens (including phenoxy) is 7. The van der Waals surface area contributed by atoms with Gasteiger partial charge in [0.1, 0.15) is 35.8 Å². The van der Waals surface area contributed by atoms with Crippen LogP contribution in [0.4, 0.5) is 14.5 Å². The molecule has 0 saturated heterocycles. The number of ketones is 2. The predicted octanol–water partition coefficient (Wildman–Crippen LogP) is 15.7. The van der Waals surface area contributed by atoms with Crippen LogP contribution in [0.5, 0.6) is 23.0 Å². The Balaban J connectivity index is 0.000000246. The maximum atomic E-state index is 15.2. The minimum atomic E-state index is -0.563. The second-order valence-corrected chi connectivity index (χ2v) is 27.5. The van der Waals surface area contributed by atoms with E-state index in [0.717, 1.165) is 102 Å². The van der Waals surface area contributed by atoms with E-state index in [4.69, 9.17) is 43.4 Å². The molecular weight excluding hydrogens is 1410 g/mol. The Kier molecular flexibility index (Phi) is 34.5. The maximum absolute atomic E-state index is 15.2. The van der Waals surface area contributed by atoms with Crippen molar-refractivity contribution in [3.8, 4) is 23.0 Å². The quantitative estimate of drug-likeness (QED) is 0.0172. The van der Waals surface area contributed by atoms with E-state index in [0.29, 0.717) is 106 Å². The number of aryl methyl sites for hydroxylation is 1. The smallest absolute Gasteiger partial charge is 0.231 e. The summed E-state index contributed by atoms with van der Waals surface area (Å²) >= 11 is 0. The SMILES string of the molecule is C.CC(C)(C)C1Cc2cc(CC(=O)C3(c4ccc5c(c4)OCO5)CC3)c(F)cc2N1.CC(C)(C)c1cc2cc(CC(=O)C3(c4ccc5c(c4)OCO5)CC3)c(F)cc2n1CCCO.CO.O=CCCOCc1ccccc1.O=CCCOCc1ccccc1.OCCCOCc1ccccc1.[CH3-].[Pd]. The van der Waals surface area contributed by atoms with Gasteiger partial charge in [-0.15, -0.1) is 0 Å². The van der Waals surface area contributed by atoms with E-state index in [1.54, 1.807) is 12.1 Å². The van der Waals surface area contributed by atoms with Crippen molar-refractivity contribution < 1.29 is 96.9 Å². The van der Waals surface area contributed by atoms with Crippen molar-refractivity contribution in [2.75, 3.05) is 59.0 Å². The molecule has 19 heteroatoms. The summed E-state index contributed by atoms with van der Waals surface area (Å²) in [5, 5.41) is 29.2. The zero-order chi connectivity index (χ0) is 71.7. The number of nitrogens with zero attached hydrogens (tertiary/aromatic N) is 1. The topological polar surface area (TPSA) is 211 Å². The van der Waals surface area contributed by atoms with Crippen LogP contribution < -0.4 is 24.3 Å². The molecule has 13 rings (SSSR count). The van der Waals surface area contributed by atoms with Crippen LogP contribution in [0.1, 0.15) is 151 Å². The fraction of sp³-hybridized carbons (Fsp3) is 0.417. The van der Waals surface area contributed by atoms with Gasteiger partial charge in [-0.1, -0.05) is 158 Å². The van der Waals surface area contributed by atoms with E-state index in [9.17, 15) is 28.7 Å². The van der Waals surface area contributed by atoms with Gasteiger partial charge in [0.25, 0.3) is 0 Å². The van der Waals surface area contributed by atoms with Crippen molar-refractivity contribution in [3.05, 3.63) is 227 Å². The molecule has 2 fully saturated rings. The number of aromatic nitrogens is 1. The van der Waals surface area contributed by atoms with Crippen molar-refractivity contribution in [1.29, 1.82) is 0 Å². The molecule has 16 nitrogen and oxygen atoms in total. The molecule has 1 atom stereocenters. The minimum absolute atomic E-state index is 0. The first-order valence-corrected chi connectivity index (χ1v) is 34.4. The van der Waals surface area contributed by atoms with Gasteiger partial charge in [-0.05, 0) is 143 Å². The predicted molar refractivity (Wildman–Crippen MR) is 396 cm³/mol. The number of carbonyl (C=O) groups excluding carboxylic acids is 4. The molecule has 0 spiro atoms. The molecule has 7 aromatic carbocycles. The number of benzene rings is 7. The van der Waals surface area contributed by atoms with E-state index >= 15 is 4.39 Å². The zero-order valence-electron chi connectivity index (χ0n) is 60.2. The number of hydrogen-bond donors (Lipinski definition) is 4. The number of aliphatic hydroxyl groups is 3. The van der Waals surface area contributed by atoms with E-state index in [-0.39, 0.29) is 115 Å². The van der Waals surface area contributed by atoms with Gasteiger partial charge in [0.2, 0.25) is 13.6 Å². The number of anilines is 1. The molecule has 0 radical (unpaired) electrons. The van der Waals surface area contributed by atoms with Gasteiger partial charge in [-0.3, -0.25) is 9.59 Å². The molecule has 8 aromatic rings. The van der Waals surface area contributed by atoms with Crippen LogP contribution in [-0.2, 0) is 116 Å². The van der Waals surface area contributed by atoms with Gasteiger partial charge in [0.15, 0.2) is 23.0 Å². The van der Waals surface area contributed by atoms with Gasteiger partial charge >= 0.3 is 0 Å². The summed E-state index contributed by atoms with van der Waals surface area (Å²) in [5.41, 5.74) is 8.99. The largest absolute Gasteiger partial charge is 0.454 e.